The predicted octanol–water partition coefficient (Wildman–Crippen LogP) is 0.753. The van der Waals surface area contributed by atoms with Crippen LogP contribution in [0.5, 0.6) is 0 Å². The standard InChI is InChI=1S/C10H13BrN4O/c11-7-5-13-6-8(12)10(7)15-3-1-9(16)14-2-4-15/h5-6H,1-4,12H2,(H,14,16). The smallest absolute Gasteiger partial charge is 0.221 e. The minimum atomic E-state index is 0.0891. The monoisotopic (exact) mass is 284 g/mol. The third-order valence-corrected chi connectivity index (χ3v) is 3.11. The molecule has 0 atom stereocenters. The van der Waals surface area contributed by atoms with Crippen LogP contribution in [-0.2, 0) is 4.79 Å². The van der Waals surface area contributed by atoms with Crippen LogP contribution in [0.3, 0.4) is 0 Å². The highest BCUT2D eigenvalue weighted by Gasteiger charge is 2.17. The Hall–Kier alpha value is -1.30. The highest BCUT2D eigenvalue weighted by molar-refractivity contribution is 9.10. The van der Waals surface area contributed by atoms with Crippen LogP contribution in [0.2, 0.25) is 0 Å². The molecule has 3 N–H and O–H groups in total. The summed E-state index contributed by atoms with van der Waals surface area (Å²) in [5.41, 5.74) is 7.45. The fraction of sp³-hybridized carbons (Fsp3) is 0.400. The number of nitrogens with one attached hydrogen (secondary N) is 1. The van der Waals surface area contributed by atoms with Crippen LogP contribution in [0, 0.1) is 0 Å². The molecule has 1 aromatic heterocycles. The van der Waals surface area contributed by atoms with Crippen molar-refractivity contribution in [2.75, 3.05) is 30.3 Å². The molecular weight excluding hydrogens is 272 g/mol. The van der Waals surface area contributed by atoms with E-state index in [0.717, 1.165) is 16.7 Å². The van der Waals surface area contributed by atoms with E-state index in [0.29, 0.717) is 25.2 Å². The molecule has 1 aliphatic rings. The zero-order valence-electron chi connectivity index (χ0n) is 8.74. The number of hydrogen-bond donors (Lipinski definition) is 2. The number of carbonyl (C=O) groups is 1. The van der Waals surface area contributed by atoms with Crippen molar-refractivity contribution in [3.05, 3.63) is 16.9 Å². The van der Waals surface area contributed by atoms with E-state index in [9.17, 15) is 4.79 Å². The number of carbonyl (C=O) groups excluding carboxylic acids is 1. The predicted molar refractivity (Wildman–Crippen MR) is 66.2 cm³/mol. The second-order valence-corrected chi connectivity index (χ2v) is 4.50. The summed E-state index contributed by atoms with van der Waals surface area (Å²) >= 11 is 3.43. The Balaban J connectivity index is 2.26. The SMILES string of the molecule is Nc1cncc(Br)c1N1CCNC(=O)CC1. The molecule has 1 fully saturated rings. The molecule has 0 spiro atoms. The van der Waals surface area contributed by atoms with Crippen molar-refractivity contribution in [1.29, 1.82) is 0 Å². The number of pyridine rings is 1. The van der Waals surface area contributed by atoms with Gasteiger partial charge in [-0.15, -0.1) is 0 Å². The molecule has 2 heterocycles. The molecule has 16 heavy (non-hydrogen) atoms. The minimum absolute atomic E-state index is 0.0891. The minimum Gasteiger partial charge on any atom is -0.396 e. The Morgan fingerprint density at radius 3 is 3.00 bits per heavy atom. The van der Waals surface area contributed by atoms with Gasteiger partial charge in [-0.1, -0.05) is 0 Å². The second-order valence-electron chi connectivity index (χ2n) is 3.65. The van der Waals surface area contributed by atoms with Gasteiger partial charge in [-0.25, -0.2) is 0 Å². The lowest BCUT2D eigenvalue weighted by Crippen LogP contribution is -2.29. The third-order valence-electron chi connectivity index (χ3n) is 2.53. The van der Waals surface area contributed by atoms with Gasteiger partial charge in [0.05, 0.1) is 22.0 Å². The van der Waals surface area contributed by atoms with E-state index in [1.54, 1.807) is 12.4 Å². The summed E-state index contributed by atoms with van der Waals surface area (Å²) in [5, 5.41) is 2.83. The van der Waals surface area contributed by atoms with E-state index in [-0.39, 0.29) is 5.91 Å². The number of nitrogen functional groups attached to an aromatic ring is 1. The summed E-state index contributed by atoms with van der Waals surface area (Å²) in [7, 11) is 0. The molecule has 0 radical (unpaired) electrons. The summed E-state index contributed by atoms with van der Waals surface area (Å²) in [6.45, 7) is 2.09. The van der Waals surface area contributed by atoms with Crippen LogP contribution in [-0.4, -0.2) is 30.5 Å². The van der Waals surface area contributed by atoms with Crippen LogP contribution < -0.4 is 16.0 Å². The molecular formula is C10H13BrN4O. The molecule has 5 nitrogen and oxygen atoms in total. The fourth-order valence-corrected chi connectivity index (χ4v) is 2.37. The van der Waals surface area contributed by atoms with Gasteiger partial charge in [-0.3, -0.25) is 9.78 Å². The maximum absolute atomic E-state index is 11.2. The molecule has 1 saturated heterocycles. The van der Waals surface area contributed by atoms with Crippen LogP contribution in [0.25, 0.3) is 0 Å². The van der Waals surface area contributed by atoms with Gasteiger partial charge in [0.1, 0.15) is 0 Å². The number of hydrogen-bond acceptors (Lipinski definition) is 4. The largest absolute Gasteiger partial charge is 0.396 e. The first-order valence-corrected chi connectivity index (χ1v) is 5.88. The Morgan fingerprint density at radius 1 is 1.44 bits per heavy atom. The van der Waals surface area contributed by atoms with Gasteiger partial charge >= 0.3 is 0 Å². The van der Waals surface area contributed by atoms with Crippen molar-refractivity contribution < 1.29 is 4.79 Å². The Morgan fingerprint density at radius 2 is 2.25 bits per heavy atom. The summed E-state index contributed by atoms with van der Waals surface area (Å²) in [5.74, 6) is 0.0891. The average Bonchev–Trinajstić information content (AvgIpc) is 2.44. The average molecular weight is 285 g/mol. The third kappa shape index (κ3) is 2.27. The molecule has 0 aromatic carbocycles. The van der Waals surface area contributed by atoms with Crippen molar-refractivity contribution in [3.63, 3.8) is 0 Å². The molecule has 1 aromatic rings. The van der Waals surface area contributed by atoms with Crippen LogP contribution >= 0.6 is 15.9 Å². The van der Waals surface area contributed by atoms with Crippen LogP contribution in [0.15, 0.2) is 16.9 Å². The van der Waals surface area contributed by atoms with E-state index in [1.165, 1.54) is 0 Å². The lowest BCUT2D eigenvalue weighted by molar-refractivity contribution is -0.120. The van der Waals surface area contributed by atoms with Gasteiger partial charge in [0.15, 0.2) is 0 Å². The number of halogens is 1. The van der Waals surface area contributed by atoms with Crippen molar-refractivity contribution in [2.45, 2.75) is 6.42 Å². The van der Waals surface area contributed by atoms with Gasteiger partial charge in [0.2, 0.25) is 5.91 Å². The lowest BCUT2D eigenvalue weighted by atomic mass is 10.3. The normalized spacial score (nSPS) is 16.8. The second kappa shape index (κ2) is 4.69. The molecule has 6 heteroatoms. The first-order chi connectivity index (χ1) is 7.68. The van der Waals surface area contributed by atoms with Gasteiger partial charge < -0.3 is 16.0 Å². The number of amides is 1. The number of nitrogens with two attached hydrogens (primary N) is 1. The van der Waals surface area contributed by atoms with Crippen molar-refractivity contribution in [2.24, 2.45) is 0 Å². The highest BCUT2D eigenvalue weighted by Crippen LogP contribution is 2.31. The number of nitrogens with zero attached hydrogens (tertiary/aromatic N) is 2. The molecule has 1 aliphatic heterocycles. The van der Waals surface area contributed by atoms with E-state index in [2.05, 4.69) is 31.1 Å². The van der Waals surface area contributed by atoms with E-state index < -0.39 is 0 Å². The van der Waals surface area contributed by atoms with E-state index >= 15 is 0 Å². The van der Waals surface area contributed by atoms with E-state index in [4.69, 9.17) is 5.73 Å². The first-order valence-electron chi connectivity index (χ1n) is 5.09. The number of anilines is 2. The Labute approximate surface area is 102 Å². The molecule has 0 bridgehead atoms. The fourth-order valence-electron chi connectivity index (χ4n) is 1.77. The summed E-state index contributed by atoms with van der Waals surface area (Å²) in [6, 6.07) is 0. The Bertz CT molecular complexity index is 390. The van der Waals surface area contributed by atoms with Gasteiger partial charge in [0, 0.05) is 32.3 Å². The zero-order valence-corrected chi connectivity index (χ0v) is 10.3. The molecule has 0 saturated carbocycles. The molecule has 1 amide bonds. The van der Waals surface area contributed by atoms with E-state index in [1.807, 2.05) is 0 Å². The van der Waals surface area contributed by atoms with Gasteiger partial charge in [-0.05, 0) is 15.9 Å². The molecule has 2 rings (SSSR count). The van der Waals surface area contributed by atoms with Crippen molar-refractivity contribution in [3.8, 4) is 0 Å². The maximum atomic E-state index is 11.2. The maximum Gasteiger partial charge on any atom is 0.221 e. The summed E-state index contributed by atoms with van der Waals surface area (Å²) in [4.78, 5) is 17.3. The van der Waals surface area contributed by atoms with Crippen LogP contribution in [0.1, 0.15) is 6.42 Å². The quantitative estimate of drug-likeness (QED) is 0.799. The molecule has 0 unspecified atom stereocenters. The molecule has 0 aliphatic carbocycles. The van der Waals surface area contributed by atoms with Crippen LogP contribution in [0.4, 0.5) is 11.4 Å². The van der Waals surface area contributed by atoms with Crippen molar-refractivity contribution >= 4 is 33.2 Å². The lowest BCUT2D eigenvalue weighted by Gasteiger charge is -2.24. The highest BCUT2D eigenvalue weighted by atomic mass is 79.9. The zero-order chi connectivity index (χ0) is 11.5. The topological polar surface area (TPSA) is 71.2 Å². The first kappa shape index (κ1) is 11.2. The number of aromatic nitrogens is 1. The number of rotatable bonds is 1. The summed E-state index contributed by atoms with van der Waals surface area (Å²) < 4.78 is 0.863. The Kier molecular flexibility index (Phi) is 3.28. The van der Waals surface area contributed by atoms with Crippen molar-refractivity contribution in [1.82, 2.24) is 10.3 Å². The van der Waals surface area contributed by atoms with Gasteiger partial charge in [-0.2, -0.15) is 0 Å². The summed E-state index contributed by atoms with van der Waals surface area (Å²) in [6.07, 6.45) is 3.83. The molecule has 86 valence electrons. The van der Waals surface area contributed by atoms with Gasteiger partial charge in [0.25, 0.3) is 0 Å².